The topological polar surface area (TPSA) is 47.0 Å². The molecular formula is C12H25N3O2. The summed E-state index contributed by atoms with van der Waals surface area (Å²) >= 11 is 0. The fraction of sp³-hybridized carbons (Fsp3) is 0.917. The molecule has 0 aromatic carbocycles. The van der Waals surface area contributed by atoms with Crippen LogP contribution in [0, 0.1) is 0 Å². The van der Waals surface area contributed by atoms with Gasteiger partial charge in [0.25, 0.3) is 0 Å². The molecule has 0 radical (unpaired) electrons. The number of aliphatic hydroxyl groups excluding tert-OH is 1. The van der Waals surface area contributed by atoms with E-state index in [-0.39, 0.29) is 18.6 Å². The number of nitrogens with zero attached hydrogens (tertiary/aromatic N) is 3. The lowest BCUT2D eigenvalue weighted by Crippen LogP contribution is -2.52. The lowest BCUT2D eigenvalue weighted by molar-refractivity contribution is -0.130. The zero-order valence-corrected chi connectivity index (χ0v) is 11.2. The maximum absolute atomic E-state index is 11.6. The van der Waals surface area contributed by atoms with E-state index >= 15 is 0 Å². The summed E-state index contributed by atoms with van der Waals surface area (Å²) in [6.07, 6.45) is 0.979. The summed E-state index contributed by atoms with van der Waals surface area (Å²) in [7, 11) is 3.58. The molecular weight excluding hydrogens is 218 g/mol. The summed E-state index contributed by atoms with van der Waals surface area (Å²) in [5.74, 6) is 0.160. The minimum absolute atomic E-state index is 0.160. The van der Waals surface area contributed by atoms with E-state index in [2.05, 4.69) is 16.7 Å². The maximum atomic E-state index is 11.6. The van der Waals surface area contributed by atoms with Crippen molar-refractivity contribution < 1.29 is 9.90 Å². The van der Waals surface area contributed by atoms with Crippen molar-refractivity contribution in [2.45, 2.75) is 19.4 Å². The van der Waals surface area contributed by atoms with Crippen molar-refractivity contribution in [1.29, 1.82) is 0 Å². The quantitative estimate of drug-likeness (QED) is 0.705. The molecule has 1 atom stereocenters. The van der Waals surface area contributed by atoms with Crippen molar-refractivity contribution in [2.75, 3.05) is 53.4 Å². The maximum Gasteiger partial charge on any atom is 0.236 e. The van der Waals surface area contributed by atoms with Crippen LogP contribution in [0.5, 0.6) is 0 Å². The molecule has 1 heterocycles. The molecule has 5 heteroatoms. The Balaban J connectivity index is 2.33. The van der Waals surface area contributed by atoms with Gasteiger partial charge in [-0.1, -0.05) is 6.92 Å². The lowest BCUT2D eigenvalue weighted by atomic mass is 10.1. The molecule has 0 bridgehead atoms. The van der Waals surface area contributed by atoms with Gasteiger partial charge in [0.1, 0.15) is 0 Å². The van der Waals surface area contributed by atoms with Gasteiger partial charge in [-0.15, -0.1) is 0 Å². The number of amides is 1. The van der Waals surface area contributed by atoms with E-state index in [4.69, 9.17) is 0 Å². The summed E-state index contributed by atoms with van der Waals surface area (Å²) in [5, 5.41) is 9.25. The lowest BCUT2D eigenvalue weighted by Gasteiger charge is -2.38. The van der Waals surface area contributed by atoms with Gasteiger partial charge in [0, 0.05) is 46.3 Å². The zero-order valence-electron chi connectivity index (χ0n) is 11.2. The number of hydrogen-bond donors (Lipinski definition) is 1. The average Bonchev–Trinajstić information content (AvgIpc) is 2.32. The molecule has 1 saturated heterocycles. The van der Waals surface area contributed by atoms with Crippen LogP contribution in [-0.2, 0) is 4.79 Å². The molecule has 0 spiro atoms. The third-order valence-electron chi connectivity index (χ3n) is 3.46. The normalized spacial score (nSPS) is 20.2. The molecule has 1 aliphatic heterocycles. The van der Waals surface area contributed by atoms with Crippen molar-refractivity contribution >= 4 is 5.91 Å². The summed E-state index contributed by atoms with van der Waals surface area (Å²) in [4.78, 5) is 17.7. The monoisotopic (exact) mass is 243 g/mol. The van der Waals surface area contributed by atoms with E-state index in [9.17, 15) is 9.90 Å². The van der Waals surface area contributed by atoms with Gasteiger partial charge < -0.3 is 10.0 Å². The van der Waals surface area contributed by atoms with Crippen molar-refractivity contribution in [2.24, 2.45) is 0 Å². The van der Waals surface area contributed by atoms with Crippen molar-refractivity contribution in [1.82, 2.24) is 14.7 Å². The molecule has 1 aliphatic rings. The number of carbonyl (C=O) groups is 1. The second-order valence-corrected chi connectivity index (χ2v) is 4.84. The molecule has 0 saturated carbocycles. The molecule has 0 aromatic rings. The van der Waals surface area contributed by atoms with Crippen molar-refractivity contribution in [3.8, 4) is 0 Å². The Bertz CT molecular complexity index is 234. The summed E-state index contributed by atoms with van der Waals surface area (Å²) in [6.45, 7) is 6.55. The molecule has 0 aromatic heterocycles. The van der Waals surface area contributed by atoms with E-state index in [1.165, 1.54) is 0 Å². The number of piperazine rings is 1. The molecule has 1 unspecified atom stereocenters. The van der Waals surface area contributed by atoms with Gasteiger partial charge in [0.15, 0.2) is 0 Å². The van der Waals surface area contributed by atoms with Gasteiger partial charge in [0.2, 0.25) is 5.91 Å². The second kappa shape index (κ2) is 6.93. The Morgan fingerprint density at radius 2 is 1.88 bits per heavy atom. The van der Waals surface area contributed by atoms with E-state index in [1.54, 1.807) is 19.0 Å². The van der Waals surface area contributed by atoms with Crippen LogP contribution in [0.25, 0.3) is 0 Å². The predicted molar refractivity (Wildman–Crippen MR) is 67.9 cm³/mol. The number of carbonyl (C=O) groups excluding carboxylic acids is 1. The van der Waals surface area contributed by atoms with E-state index in [0.29, 0.717) is 6.54 Å². The molecule has 5 nitrogen and oxygen atoms in total. The van der Waals surface area contributed by atoms with Crippen LogP contribution in [0.3, 0.4) is 0 Å². The minimum Gasteiger partial charge on any atom is -0.395 e. The second-order valence-electron chi connectivity index (χ2n) is 4.84. The van der Waals surface area contributed by atoms with Crippen LogP contribution < -0.4 is 0 Å². The summed E-state index contributed by atoms with van der Waals surface area (Å²) in [5.41, 5.74) is 0. The standard InChI is InChI=1S/C12H25N3O2/c1-4-11(10-16)15-7-5-14(6-8-15)9-12(17)13(2)3/h11,16H,4-10H2,1-3H3. The molecule has 100 valence electrons. The first-order valence-electron chi connectivity index (χ1n) is 6.35. The molecule has 0 aliphatic carbocycles. The Kier molecular flexibility index (Phi) is 5.88. The molecule has 1 rings (SSSR count). The third kappa shape index (κ3) is 4.26. The average molecular weight is 243 g/mol. The highest BCUT2D eigenvalue weighted by Crippen LogP contribution is 2.08. The Morgan fingerprint density at radius 3 is 2.29 bits per heavy atom. The Labute approximate surface area is 104 Å². The van der Waals surface area contributed by atoms with Crippen molar-refractivity contribution in [3.63, 3.8) is 0 Å². The Hall–Kier alpha value is -0.650. The number of rotatable bonds is 5. The first kappa shape index (κ1) is 14.4. The van der Waals surface area contributed by atoms with Gasteiger partial charge in [-0.3, -0.25) is 14.6 Å². The van der Waals surface area contributed by atoms with E-state index in [0.717, 1.165) is 32.6 Å². The Morgan fingerprint density at radius 1 is 1.29 bits per heavy atom. The van der Waals surface area contributed by atoms with Gasteiger partial charge in [-0.2, -0.15) is 0 Å². The minimum atomic E-state index is 0.160. The zero-order chi connectivity index (χ0) is 12.8. The van der Waals surface area contributed by atoms with Crippen LogP contribution >= 0.6 is 0 Å². The number of aliphatic hydroxyl groups is 1. The van der Waals surface area contributed by atoms with Crippen molar-refractivity contribution in [3.05, 3.63) is 0 Å². The molecule has 17 heavy (non-hydrogen) atoms. The third-order valence-corrected chi connectivity index (χ3v) is 3.46. The molecule has 1 amide bonds. The largest absolute Gasteiger partial charge is 0.395 e. The number of hydrogen-bond acceptors (Lipinski definition) is 4. The smallest absolute Gasteiger partial charge is 0.236 e. The summed E-state index contributed by atoms with van der Waals surface area (Å²) in [6, 6.07) is 0.279. The van der Waals surface area contributed by atoms with Crippen LogP contribution in [0.2, 0.25) is 0 Å². The van der Waals surface area contributed by atoms with Crippen LogP contribution in [0.15, 0.2) is 0 Å². The first-order chi connectivity index (χ1) is 8.08. The highest BCUT2D eigenvalue weighted by molar-refractivity contribution is 5.77. The van der Waals surface area contributed by atoms with Crippen LogP contribution in [0.1, 0.15) is 13.3 Å². The van der Waals surface area contributed by atoms with Crippen LogP contribution in [-0.4, -0.2) is 85.2 Å². The first-order valence-corrected chi connectivity index (χ1v) is 6.35. The van der Waals surface area contributed by atoms with Gasteiger partial charge >= 0.3 is 0 Å². The highest BCUT2D eigenvalue weighted by atomic mass is 16.3. The SMILES string of the molecule is CCC(CO)N1CCN(CC(=O)N(C)C)CC1. The molecule has 1 N–H and O–H groups in total. The number of likely N-dealkylation sites (N-methyl/N-ethyl adjacent to an activating group) is 1. The van der Waals surface area contributed by atoms with E-state index in [1.807, 2.05) is 0 Å². The fourth-order valence-electron chi connectivity index (χ4n) is 2.12. The van der Waals surface area contributed by atoms with Gasteiger partial charge in [-0.25, -0.2) is 0 Å². The van der Waals surface area contributed by atoms with Gasteiger partial charge in [0.05, 0.1) is 13.2 Å². The van der Waals surface area contributed by atoms with E-state index < -0.39 is 0 Å². The highest BCUT2D eigenvalue weighted by Gasteiger charge is 2.23. The van der Waals surface area contributed by atoms with Crippen LogP contribution in [0.4, 0.5) is 0 Å². The fourth-order valence-corrected chi connectivity index (χ4v) is 2.12. The molecule has 1 fully saturated rings. The predicted octanol–water partition coefficient (Wildman–Crippen LogP) is -0.537. The summed E-state index contributed by atoms with van der Waals surface area (Å²) < 4.78 is 0. The van der Waals surface area contributed by atoms with Gasteiger partial charge in [-0.05, 0) is 6.42 Å².